The quantitative estimate of drug-likeness (QED) is 0.376. The van der Waals surface area contributed by atoms with Crippen molar-refractivity contribution in [2.75, 3.05) is 31.6 Å². The molecule has 11 heteroatoms. The Kier molecular flexibility index (Phi) is 7.59. The van der Waals surface area contributed by atoms with Gasteiger partial charge in [0.2, 0.25) is 0 Å². The van der Waals surface area contributed by atoms with Crippen LogP contribution in [-0.2, 0) is 17.9 Å². The number of anilines is 1. The van der Waals surface area contributed by atoms with Gasteiger partial charge < -0.3 is 19.7 Å². The minimum Gasteiger partial charge on any atom is -0.489 e. The molecular weight excluding hydrogens is 466 g/mol. The minimum atomic E-state index is -0.439. The molecule has 0 radical (unpaired) electrons. The van der Waals surface area contributed by atoms with Gasteiger partial charge in [-0.1, -0.05) is 12.1 Å². The number of aryl methyl sites for hydroxylation is 2. The number of morpholine rings is 1. The molecule has 11 nitrogen and oxygen atoms in total. The maximum absolute atomic E-state index is 13.1. The maximum Gasteiger partial charge on any atom is 0.274 e. The van der Waals surface area contributed by atoms with Gasteiger partial charge >= 0.3 is 0 Å². The van der Waals surface area contributed by atoms with Crippen LogP contribution in [0, 0.1) is 17.0 Å². The summed E-state index contributed by atoms with van der Waals surface area (Å²) in [5, 5.41) is 18.1. The van der Waals surface area contributed by atoms with Crippen molar-refractivity contribution in [1.82, 2.24) is 14.7 Å². The van der Waals surface area contributed by atoms with E-state index in [1.54, 1.807) is 46.8 Å². The molecule has 4 rings (SSSR count). The van der Waals surface area contributed by atoms with Gasteiger partial charge in [-0.05, 0) is 43.7 Å². The second-order valence-electron chi connectivity index (χ2n) is 8.28. The Morgan fingerprint density at radius 1 is 1.19 bits per heavy atom. The first-order valence-corrected chi connectivity index (χ1v) is 11.6. The third-order valence-electron chi connectivity index (χ3n) is 5.85. The molecule has 1 aliphatic rings. The molecule has 36 heavy (non-hydrogen) atoms. The van der Waals surface area contributed by atoms with Gasteiger partial charge in [0.1, 0.15) is 18.1 Å². The molecule has 0 unspecified atom stereocenters. The van der Waals surface area contributed by atoms with E-state index in [1.165, 1.54) is 12.3 Å². The first kappa shape index (κ1) is 24.9. The molecule has 0 spiro atoms. The Morgan fingerprint density at radius 3 is 2.67 bits per heavy atom. The van der Waals surface area contributed by atoms with E-state index in [0.29, 0.717) is 61.1 Å². The summed E-state index contributed by atoms with van der Waals surface area (Å²) in [7, 11) is 0. The summed E-state index contributed by atoms with van der Waals surface area (Å²) in [5.41, 5.74) is 2.35. The van der Waals surface area contributed by atoms with Crippen LogP contribution in [0.4, 0.5) is 11.4 Å². The van der Waals surface area contributed by atoms with Crippen molar-refractivity contribution in [2.24, 2.45) is 0 Å². The predicted molar refractivity (Wildman–Crippen MR) is 131 cm³/mol. The number of rotatable bonds is 8. The van der Waals surface area contributed by atoms with E-state index in [9.17, 15) is 19.7 Å². The first-order valence-electron chi connectivity index (χ1n) is 11.6. The number of ether oxygens (including phenoxy) is 2. The molecule has 2 heterocycles. The molecule has 0 bridgehead atoms. The summed E-state index contributed by atoms with van der Waals surface area (Å²) < 4.78 is 12.7. The van der Waals surface area contributed by atoms with Crippen LogP contribution < -0.4 is 10.1 Å². The van der Waals surface area contributed by atoms with E-state index in [2.05, 4.69) is 10.4 Å². The third-order valence-corrected chi connectivity index (χ3v) is 5.85. The lowest BCUT2D eigenvalue weighted by molar-refractivity contribution is -0.385. The van der Waals surface area contributed by atoms with Gasteiger partial charge in [-0.2, -0.15) is 5.10 Å². The second kappa shape index (κ2) is 11.0. The average molecular weight is 494 g/mol. The highest BCUT2D eigenvalue weighted by Crippen LogP contribution is 2.24. The first-order chi connectivity index (χ1) is 17.4. The lowest BCUT2D eigenvalue weighted by atomic mass is 10.1. The molecule has 1 fully saturated rings. The average Bonchev–Trinajstić information content (AvgIpc) is 3.30. The van der Waals surface area contributed by atoms with E-state index in [1.807, 2.05) is 13.0 Å². The number of amides is 2. The number of hydrogen-bond donors (Lipinski definition) is 1. The molecule has 0 aliphatic carbocycles. The van der Waals surface area contributed by atoms with Crippen LogP contribution in [0.25, 0.3) is 0 Å². The van der Waals surface area contributed by atoms with Crippen molar-refractivity contribution >= 4 is 23.2 Å². The number of carbonyl (C=O) groups is 2. The van der Waals surface area contributed by atoms with Crippen LogP contribution in [0.1, 0.15) is 38.9 Å². The Labute approximate surface area is 207 Å². The van der Waals surface area contributed by atoms with Gasteiger partial charge in [0.15, 0.2) is 0 Å². The largest absolute Gasteiger partial charge is 0.489 e. The number of hydrogen-bond acceptors (Lipinski definition) is 7. The molecule has 3 aromatic rings. The number of benzene rings is 2. The molecule has 1 saturated heterocycles. The van der Waals surface area contributed by atoms with Gasteiger partial charge in [0.25, 0.3) is 17.5 Å². The van der Waals surface area contributed by atoms with E-state index in [4.69, 9.17) is 9.47 Å². The van der Waals surface area contributed by atoms with E-state index in [-0.39, 0.29) is 24.1 Å². The van der Waals surface area contributed by atoms with Crippen LogP contribution in [0.3, 0.4) is 0 Å². The number of aromatic nitrogens is 2. The molecule has 2 aromatic carbocycles. The highest BCUT2D eigenvalue weighted by molar-refractivity contribution is 6.08. The number of nitrogens with one attached hydrogen (secondary N) is 1. The van der Waals surface area contributed by atoms with Crippen LogP contribution >= 0.6 is 0 Å². The zero-order chi connectivity index (χ0) is 25.7. The fourth-order valence-corrected chi connectivity index (χ4v) is 3.94. The van der Waals surface area contributed by atoms with Crippen LogP contribution in [0.15, 0.2) is 48.7 Å². The number of nitro groups is 1. The zero-order valence-corrected chi connectivity index (χ0v) is 20.1. The summed E-state index contributed by atoms with van der Waals surface area (Å²) in [4.78, 5) is 38.4. The van der Waals surface area contributed by atoms with Crippen molar-refractivity contribution in [3.8, 4) is 5.75 Å². The molecule has 0 atom stereocenters. The number of nitrogens with zero attached hydrogens (tertiary/aromatic N) is 4. The predicted octanol–water partition coefficient (Wildman–Crippen LogP) is 3.42. The highest BCUT2D eigenvalue weighted by Gasteiger charge is 2.26. The molecule has 1 aromatic heterocycles. The van der Waals surface area contributed by atoms with Gasteiger partial charge in [-0.25, -0.2) is 0 Å². The summed E-state index contributed by atoms with van der Waals surface area (Å²) in [6.45, 7) is 6.10. The van der Waals surface area contributed by atoms with Gasteiger partial charge in [0.05, 0.1) is 30.0 Å². The Hall–Kier alpha value is -4.25. The molecular formula is C25H27N5O6. The Morgan fingerprint density at radius 2 is 1.97 bits per heavy atom. The fourth-order valence-electron chi connectivity index (χ4n) is 3.94. The normalized spacial score (nSPS) is 13.3. The van der Waals surface area contributed by atoms with Crippen molar-refractivity contribution in [2.45, 2.75) is 27.0 Å². The lowest BCUT2D eigenvalue weighted by Crippen LogP contribution is -2.41. The zero-order valence-electron chi connectivity index (χ0n) is 20.1. The maximum atomic E-state index is 13.1. The molecule has 1 N–H and O–H groups in total. The number of nitro benzene ring substituents is 1. The Bertz CT molecular complexity index is 1280. The van der Waals surface area contributed by atoms with Gasteiger partial charge in [-0.15, -0.1) is 0 Å². The Balaban J connectivity index is 1.46. The number of carbonyl (C=O) groups excluding carboxylic acids is 2. The standard InChI is InChI=1S/C25H27N5O6/c1-3-29-23(25(32)28-9-11-35-12-10-28)21(15-26-29)27-24(31)19-6-4-5-18(14-19)16-36-20-7-8-22(30(33)34)17(2)13-20/h4-8,13-15H,3,9-12,16H2,1-2H3,(H,27,31). The smallest absolute Gasteiger partial charge is 0.274 e. The molecule has 188 valence electrons. The summed E-state index contributed by atoms with van der Waals surface area (Å²) in [6.07, 6.45) is 1.49. The summed E-state index contributed by atoms with van der Waals surface area (Å²) in [6, 6.07) is 11.5. The van der Waals surface area contributed by atoms with E-state index < -0.39 is 4.92 Å². The summed E-state index contributed by atoms with van der Waals surface area (Å²) in [5.74, 6) is -0.0885. The van der Waals surface area contributed by atoms with Crippen molar-refractivity contribution in [3.05, 3.63) is 81.2 Å². The molecule has 2 amide bonds. The molecule has 1 aliphatic heterocycles. The van der Waals surface area contributed by atoms with E-state index in [0.717, 1.165) is 5.56 Å². The van der Waals surface area contributed by atoms with Crippen molar-refractivity contribution in [1.29, 1.82) is 0 Å². The SMILES string of the molecule is CCn1ncc(NC(=O)c2cccc(COc3ccc([N+](=O)[O-])c(C)c3)c2)c1C(=O)N1CCOCC1. The third kappa shape index (κ3) is 5.52. The van der Waals surface area contributed by atoms with Crippen molar-refractivity contribution < 1.29 is 24.0 Å². The fraction of sp³-hybridized carbons (Fsp3) is 0.320. The topological polar surface area (TPSA) is 129 Å². The highest BCUT2D eigenvalue weighted by atomic mass is 16.6. The minimum absolute atomic E-state index is 0.0267. The summed E-state index contributed by atoms with van der Waals surface area (Å²) >= 11 is 0. The van der Waals surface area contributed by atoms with Gasteiger partial charge in [0, 0.05) is 36.8 Å². The lowest BCUT2D eigenvalue weighted by Gasteiger charge is -2.27. The monoisotopic (exact) mass is 493 g/mol. The van der Waals surface area contributed by atoms with Gasteiger partial charge in [-0.3, -0.25) is 24.4 Å². The van der Waals surface area contributed by atoms with Crippen LogP contribution in [0.2, 0.25) is 0 Å². The van der Waals surface area contributed by atoms with Crippen LogP contribution in [0.5, 0.6) is 5.75 Å². The van der Waals surface area contributed by atoms with E-state index >= 15 is 0 Å². The van der Waals surface area contributed by atoms with Crippen molar-refractivity contribution in [3.63, 3.8) is 0 Å². The molecule has 0 saturated carbocycles. The second-order valence-corrected chi connectivity index (χ2v) is 8.28. The van der Waals surface area contributed by atoms with Crippen LogP contribution in [-0.4, -0.2) is 57.7 Å².